The van der Waals surface area contributed by atoms with Crippen molar-refractivity contribution >= 4 is 11.8 Å². The average Bonchev–Trinajstić information content (AvgIpc) is 2.37. The SMILES string of the molecule is C[C@@H]1CN(C(=O)CN2CCCCCCC2=O)C[C@H](C)O1. The molecule has 5 heteroatoms. The van der Waals surface area contributed by atoms with E-state index < -0.39 is 0 Å². The van der Waals surface area contributed by atoms with E-state index in [-0.39, 0.29) is 30.6 Å². The highest BCUT2D eigenvalue weighted by atomic mass is 16.5. The Labute approximate surface area is 121 Å². The summed E-state index contributed by atoms with van der Waals surface area (Å²) in [5.74, 6) is 0.188. The molecule has 2 aliphatic rings. The Morgan fingerprint density at radius 1 is 1.15 bits per heavy atom. The molecule has 2 heterocycles. The van der Waals surface area contributed by atoms with E-state index in [9.17, 15) is 9.59 Å². The predicted molar refractivity (Wildman–Crippen MR) is 76.3 cm³/mol. The summed E-state index contributed by atoms with van der Waals surface area (Å²) in [5, 5.41) is 0. The fourth-order valence-corrected chi connectivity index (χ4v) is 3.03. The molecule has 0 unspecified atom stereocenters. The van der Waals surface area contributed by atoms with Crippen LogP contribution in [0.5, 0.6) is 0 Å². The Morgan fingerprint density at radius 3 is 2.50 bits per heavy atom. The fraction of sp³-hybridized carbons (Fsp3) is 0.867. The van der Waals surface area contributed by atoms with Gasteiger partial charge in [-0.3, -0.25) is 9.59 Å². The second-order valence-electron chi connectivity index (χ2n) is 6.04. The van der Waals surface area contributed by atoms with E-state index in [1.165, 1.54) is 0 Å². The molecule has 2 saturated heterocycles. The zero-order chi connectivity index (χ0) is 14.5. The van der Waals surface area contributed by atoms with Crippen molar-refractivity contribution in [2.24, 2.45) is 0 Å². The first kappa shape index (κ1) is 15.3. The van der Waals surface area contributed by atoms with Crippen molar-refractivity contribution in [3.05, 3.63) is 0 Å². The number of carbonyl (C=O) groups is 2. The van der Waals surface area contributed by atoms with Crippen LogP contribution in [0.25, 0.3) is 0 Å². The van der Waals surface area contributed by atoms with E-state index in [0.717, 1.165) is 32.2 Å². The first-order valence-corrected chi connectivity index (χ1v) is 7.77. The van der Waals surface area contributed by atoms with Gasteiger partial charge >= 0.3 is 0 Å². The van der Waals surface area contributed by atoms with Gasteiger partial charge in [0.05, 0.1) is 18.8 Å². The van der Waals surface area contributed by atoms with Gasteiger partial charge in [-0.05, 0) is 26.7 Å². The van der Waals surface area contributed by atoms with Gasteiger partial charge in [0.1, 0.15) is 0 Å². The summed E-state index contributed by atoms with van der Waals surface area (Å²) < 4.78 is 5.64. The summed E-state index contributed by atoms with van der Waals surface area (Å²) in [7, 11) is 0. The number of hydrogen-bond acceptors (Lipinski definition) is 3. The molecule has 0 aromatic rings. The molecule has 114 valence electrons. The van der Waals surface area contributed by atoms with Crippen molar-refractivity contribution in [1.29, 1.82) is 0 Å². The van der Waals surface area contributed by atoms with Crippen molar-refractivity contribution in [3.63, 3.8) is 0 Å². The molecular weight excluding hydrogens is 256 g/mol. The Bertz CT molecular complexity index is 349. The lowest BCUT2D eigenvalue weighted by Gasteiger charge is -2.36. The predicted octanol–water partition coefficient (Wildman–Crippen LogP) is 1.41. The molecule has 20 heavy (non-hydrogen) atoms. The first-order valence-electron chi connectivity index (χ1n) is 7.77. The summed E-state index contributed by atoms with van der Waals surface area (Å²) >= 11 is 0. The van der Waals surface area contributed by atoms with Gasteiger partial charge in [-0.15, -0.1) is 0 Å². The van der Waals surface area contributed by atoms with Gasteiger partial charge in [0.2, 0.25) is 11.8 Å². The second-order valence-corrected chi connectivity index (χ2v) is 6.04. The van der Waals surface area contributed by atoms with Crippen molar-refractivity contribution in [1.82, 2.24) is 9.80 Å². The molecule has 2 amide bonds. The van der Waals surface area contributed by atoms with Crippen LogP contribution < -0.4 is 0 Å². The average molecular weight is 282 g/mol. The second kappa shape index (κ2) is 7.07. The summed E-state index contributed by atoms with van der Waals surface area (Å²) in [5.41, 5.74) is 0. The van der Waals surface area contributed by atoms with Crippen LogP contribution in [0, 0.1) is 0 Å². The van der Waals surface area contributed by atoms with Crippen LogP contribution in [-0.4, -0.2) is 60.0 Å². The van der Waals surface area contributed by atoms with E-state index in [4.69, 9.17) is 4.74 Å². The molecule has 2 fully saturated rings. The topological polar surface area (TPSA) is 49.9 Å². The lowest BCUT2D eigenvalue weighted by atomic mass is 10.1. The molecule has 2 atom stereocenters. The number of nitrogens with zero attached hydrogens (tertiary/aromatic N) is 2. The quantitative estimate of drug-likeness (QED) is 0.769. The molecule has 2 rings (SSSR count). The van der Waals surface area contributed by atoms with Crippen LogP contribution >= 0.6 is 0 Å². The van der Waals surface area contributed by atoms with Crippen molar-refractivity contribution in [2.75, 3.05) is 26.2 Å². The number of morpholine rings is 1. The molecule has 2 aliphatic heterocycles. The largest absolute Gasteiger partial charge is 0.372 e. The lowest BCUT2D eigenvalue weighted by Crippen LogP contribution is -2.51. The third-order valence-electron chi connectivity index (χ3n) is 4.02. The molecule has 5 nitrogen and oxygen atoms in total. The molecule has 0 bridgehead atoms. The highest BCUT2D eigenvalue weighted by Gasteiger charge is 2.28. The van der Waals surface area contributed by atoms with E-state index in [1.54, 1.807) is 4.90 Å². The van der Waals surface area contributed by atoms with Crippen LogP contribution in [0.2, 0.25) is 0 Å². The van der Waals surface area contributed by atoms with E-state index in [0.29, 0.717) is 19.5 Å². The van der Waals surface area contributed by atoms with E-state index >= 15 is 0 Å². The smallest absolute Gasteiger partial charge is 0.242 e. The minimum absolute atomic E-state index is 0.0564. The third-order valence-corrected chi connectivity index (χ3v) is 4.02. The molecule has 0 radical (unpaired) electrons. The number of ether oxygens (including phenoxy) is 1. The van der Waals surface area contributed by atoms with Gasteiger partial charge in [0, 0.05) is 26.1 Å². The Kier molecular flexibility index (Phi) is 5.40. The summed E-state index contributed by atoms with van der Waals surface area (Å²) in [6.07, 6.45) is 4.99. The Morgan fingerprint density at radius 2 is 1.80 bits per heavy atom. The Hall–Kier alpha value is -1.10. The van der Waals surface area contributed by atoms with Crippen LogP contribution in [0.15, 0.2) is 0 Å². The van der Waals surface area contributed by atoms with E-state index in [1.807, 2.05) is 18.7 Å². The van der Waals surface area contributed by atoms with Crippen LogP contribution in [0.4, 0.5) is 0 Å². The molecule has 0 aliphatic carbocycles. The maximum absolute atomic E-state index is 12.4. The molecule has 0 spiro atoms. The molecule has 0 aromatic carbocycles. The number of hydrogen-bond donors (Lipinski definition) is 0. The maximum atomic E-state index is 12.4. The van der Waals surface area contributed by atoms with Crippen LogP contribution in [0.3, 0.4) is 0 Å². The zero-order valence-electron chi connectivity index (χ0n) is 12.6. The number of rotatable bonds is 2. The van der Waals surface area contributed by atoms with Crippen LogP contribution in [-0.2, 0) is 14.3 Å². The summed E-state index contributed by atoms with van der Waals surface area (Å²) in [6.45, 7) is 6.18. The van der Waals surface area contributed by atoms with E-state index in [2.05, 4.69) is 0 Å². The summed E-state index contributed by atoms with van der Waals surface area (Å²) in [4.78, 5) is 28.0. The number of carbonyl (C=O) groups excluding carboxylic acids is 2. The van der Waals surface area contributed by atoms with Gasteiger partial charge in [-0.1, -0.05) is 12.8 Å². The highest BCUT2D eigenvalue weighted by Crippen LogP contribution is 2.14. The monoisotopic (exact) mass is 282 g/mol. The van der Waals surface area contributed by atoms with Gasteiger partial charge < -0.3 is 14.5 Å². The fourth-order valence-electron chi connectivity index (χ4n) is 3.03. The minimum atomic E-state index is 0.0564. The maximum Gasteiger partial charge on any atom is 0.242 e. The van der Waals surface area contributed by atoms with Crippen molar-refractivity contribution in [2.45, 2.75) is 58.2 Å². The standard InChI is InChI=1S/C15H26N2O3/c1-12-9-17(10-13(2)20-12)15(19)11-16-8-6-4-3-5-7-14(16)18/h12-13H,3-11H2,1-2H3/t12-,13+. The summed E-state index contributed by atoms with van der Waals surface area (Å²) in [6, 6.07) is 0. The Balaban J connectivity index is 1.90. The van der Waals surface area contributed by atoms with Gasteiger partial charge in [-0.2, -0.15) is 0 Å². The van der Waals surface area contributed by atoms with Crippen molar-refractivity contribution in [3.8, 4) is 0 Å². The molecular formula is C15H26N2O3. The zero-order valence-corrected chi connectivity index (χ0v) is 12.6. The molecule has 0 saturated carbocycles. The normalized spacial score (nSPS) is 29.0. The number of amides is 2. The van der Waals surface area contributed by atoms with Gasteiger partial charge in [-0.25, -0.2) is 0 Å². The molecule has 0 N–H and O–H groups in total. The van der Waals surface area contributed by atoms with Gasteiger partial charge in [0.15, 0.2) is 0 Å². The lowest BCUT2D eigenvalue weighted by molar-refractivity contribution is -0.148. The minimum Gasteiger partial charge on any atom is -0.372 e. The first-order chi connectivity index (χ1) is 9.56. The van der Waals surface area contributed by atoms with Crippen LogP contribution in [0.1, 0.15) is 46.0 Å². The number of likely N-dealkylation sites (tertiary alicyclic amines) is 1. The van der Waals surface area contributed by atoms with Gasteiger partial charge in [0.25, 0.3) is 0 Å². The third kappa shape index (κ3) is 4.20. The highest BCUT2D eigenvalue weighted by molar-refractivity contribution is 5.85. The molecule has 0 aromatic heterocycles. The van der Waals surface area contributed by atoms with Crippen molar-refractivity contribution < 1.29 is 14.3 Å².